The standard InChI is InChI=1S/C14H17NO3S/c16-11(5-8-3-4-19-7-8)15-13-10-2-1-9(6-10)12(13)14(17)18/h3-4,7,9-10,12-13H,1-2,5-6H2,(H,15,16)(H,17,18)/t9-,10-,12-,13+/m0/s1. The summed E-state index contributed by atoms with van der Waals surface area (Å²) in [5, 5.41) is 16.2. The summed E-state index contributed by atoms with van der Waals surface area (Å²) in [6.45, 7) is 0. The molecule has 2 N–H and O–H groups in total. The van der Waals surface area contributed by atoms with E-state index in [1.165, 1.54) is 0 Å². The highest BCUT2D eigenvalue weighted by Crippen LogP contribution is 2.48. The van der Waals surface area contributed by atoms with Gasteiger partial charge in [-0.3, -0.25) is 9.59 Å². The normalized spacial score (nSPS) is 32.4. The van der Waals surface area contributed by atoms with Gasteiger partial charge >= 0.3 is 5.97 Å². The van der Waals surface area contributed by atoms with Crippen LogP contribution in [0.3, 0.4) is 0 Å². The molecule has 1 amide bonds. The molecule has 1 aromatic heterocycles. The van der Waals surface area contributed by atoms with Crippen LogP contribution in [-0.2, 0) is 16.0 Å². The van der Waals surface area contributed by atoms with E-state index in [-0.39, 0.29) is 23.8 Å². The van der Waals surface area contributed by atoms with Crippen LogP contribution < -0.4 is 5.32 Å². The van der Waals surface area contributed by atoms with E-state index in [9.17, 15) is 14.7 Å². The van der Waals surface area contributed by atoms with Crippen LogP contribution in [-0.4, -0.2) is 23.0 Å². The number of rotatable bonds is 4. The van der Waals surface area contributed by atoms with Crippen molar-refractivity contribution in [1.29, 1.82) is 0 Å². The van der Waals surface area contributed by atoms with Crippen molar-refractivity contribution in [3.8, 4) is 0 Å². The van der Waals surface area contributed by atoms with Gasteiger partial charge in [-0.05, 0) is 53.5 Å². The highest BCUT2D eigenvalue weighted by molar-refractivity contribution is 7.07. The Bertz CT molecular complexity index is 485. The molecule has 2 fully saturated rings. The van der Waals surface area contributed by atoms with Crippen LogP contribution >= 0.6 is 11.3 Å². The average Bonchev–Trinajstić information content (AvgIpc) is 3.03. The van der Waals surface area contributed by atoms with E-state index in [0.29, 0.717) is 12.3 Å². The number of fused-ring (bicyclic) bond motifs is 2. The number of carboxylic acids is 1. The van der Waals surface area contributed by atoms with E-state index in [4.69, 9.17) is 0 Å². The van der Waals surface area contributed by atoms with Crippen molar-refractivity contribution in [1.82, 2.24) is 5.32 Å². The average molecular weight is 279 g/mol. The van der Waals surface area contributed by atoms with Gasteiger partial charge in [-0.1, -0.05) is 0 Å². The van der Waals surface area contributed by atoms with E-state index in [1.54, 1.807) is 11.3 Å². The molecule has 2 aliphatic rings. The van der Waals surface area contributed by atoms with Gasteiger partial charge in [-0.25, -0.2) is 0 Å². The lowest BCUT2D eigenvalue weighted by Gasteiger charge is -2.28. The summed E-state index contributed by atoms with van der Waals surface area (Å²) in [6, 6.07) is 1.77. The zero-order valence-electron chi connectivity index (χ0n) is 10.5. The van der Waals surface area contributed by atoms with E-state index in [0.717, 1.165) is 24.8 Å². The molecule has 19 heavy (non-hydrogen) atoms. The van der Waals surface area contributed by atoms with Crippen LogP contribution in [0.15, 0.2) is 16.8 Å². The summed E-state index contributed by atoms with van der Waals surface area (Å²) >= 11 is 1.57. The third-order valence-electron chi connectivity index (χ3n) is 4.47. The predicted octanol–water partition coefficient (Wildman–Crippen LogP) is 1.91. The van der Waals surface area contributed by atoms with Crippen LogP contribution in [0.1, 0.15) is 24.8 Å². The molecule has 2 saturated carbocycles. The second kappa shape index (κ2) is 4.96. The number of carboxylic acid groups (broad SMARTS) is 1. The smallest absolute Gasteiger partial charge is 0.308 e. The molecule has 0 unspecified atom stereocenters. The molecule has 102 valence electrons. The first-order valence-corrected chi connectivity index (χ1v) is 7.62. The van der Waals surface area contributed by atoms with Crippen LogP contribution in [0, 0.1) is 17.8 Å². The molecule has 2 aliphatic carbocycles. The molecule has 3 rings (SSSR count). The zero-order chi connectivity index (χ0) is 13.4. The molecule has 0 aromatic carbocycles. The van der Waals surface area contributed by atoms with Gasteiger partial charge in [0.2, 0.25) is 5.91 Å². The van der Waals surface area contributed by atoms with Crippen molar-refractivity contribution in [3.63, 3.8) is 0 Å². The van der Waals surface area contributed by atoms with E-state index < -0.39 is 5.97 Å². The summed E-state index contributed by atoms with van der Waals surface area (Å²) in [5.74, 6) is -0.577. The maximum absolute atomic E-state index is 12.0. The molecule has 5 heteroatoms. The Kier molecular flexibility index (Phi) is 3.31. The molecule has 2 bridgehead atoms. The molecule has 0 spiro atoms. The Morgan fingerprint density at radius 3 is 2.84 bits per heavy atom. The molecule has 4 atom stereocenters. The summed E-state index contributed by atoms with van der Waals surface area (Å²) < 4.78 is 0. The van der Waals surface area contributed by atoms with E-state index in [2.05, 4.69) is 5.32 Å². The van der Waals surface area contributed by atoms with Gasteiger partial charge in [-0.2, -0.15) is 11.3 Å². The van der Waals surface area contributed by atoms with Crippen molar-refractivity contribution in [2.75, 3.05) is 0 Å². The predicted molar refractivity (Wildman–Crippen MR) is 71.9 cm³/mol. The quantitative estimate of drug-likeness (QED) is 0.884. The SMILES string of the molecule is O=C(Cc1ccsc1)N[C@@H]1[C@H]2CC[C@@H](C2)[C@@H]1C(=O)O. The Hall–Kier alpha value is -1.36. The fourth-order valence-electron chi connectivity index (χ4n) is 3.67. The molecular weight excluding hydrogens is 262 g/mol. The van der Waals surface area contributed by atoms with Crippen LogP contribution in [0.4, 0.5) is 0 Å². The topological polar surface area (TPSA) is 66.4 Å². The first kappa shape index (κ1) is 12.7. The molecule has 1 heterocycles. The Balaban J connectivity index is 1.65. The minimum atomic E-state index is -0.756. The summed E-state index contributed by atoms with van der Waals surface area (Å²) in [6.07, 6.45) is 3.36. The van der Waals surface area contributed by atoms with Gasteiger partial charge in [-0.15, -0.1) is 0 Å². The van der Waals surface area contributed by atoms with E-state index in [1.807, 2.05) is 16.8 Å². The van der Waals surface area contributed by atoms with Crippen molar-refractivity contribution < 1.29 is 14.7 Å². The second-order valence-electron chi connectivity index (χ2n) is 5.60. The number of hydrogen-bond donors (Lipinski definition) is 2. The number of aliphatic carboxylic acids is 1. The lowest BCUT2D eigenvalue weighted by molar-refractivity contribution is -0.144. The number of carbonyl (C=O) groups excluding carboxylic acids is 1. The largest absolute Gasteiger partial charge is 0.481 e. The van der Waals surface area contributed by atoms with E-state index >= 15 is 0 Å². The Morgan fingerprint density at radius 1 is 1.37 bits per heavy atom. The fourth-order valence-corrected chi connectivity index (χ4v) is 4.34. The van der Waals surface area contributed by atoms with Crippen molar-refractivity contribution >= 4 is 23.2 Å². The second-order valence-corrected chi connectivity index (χ2v) is 6.38. The van der Waals surface area contributed by atoms with Crippen molar-refractivity contribution in [2.24, 2.45) is 17.8 Å². The molecular formula is C14H17NO3S. The summed E-state index contributed by atoms with van der Waals surface area (Å²) in [5.41, 5.74) is 0.998. The summed E-state index contributed by atoms with van der Waals surface area (Å²) in [4.78, 5) is 23.4. The van der Waals surface area contributed by atoms with Crippen molar-refractivity contribution in [2.45, 2.75) is 31.7 Å². The monoisotopic (exact) mass is 279 g/mol. The molecule has 4 nitrogen and oxygen atoms in total. The van der Waals surface area contributed by atoms with Gasteiger partial charge in [0, 0.05) is 6.04 Å². The number of thiophene rings is 1. The van der Waals surface area contributed by atoms with Crippen LogP contribution in [0.5, 0.6) is 0 Å². The minimum Gasteiger partial charge on any atom is -0.481 e. The van der Waals surface area contributed by atoms with Gasteiger partial charge in [0.25, 0.3) is 0 Å². The first-order valence-electron chi connectivity index (χ1n) is 6.68. The third kappa shape index (κ3) is 2.39. The van der Waals surface area contributed by atoms with Gasteiger partial charge in [0.15, 0.2) is 0 Å². The number of amides is 1. The van der Waals surface area contributed by atoms with Crippen LogP contribution in [0.2, 0.25) is 0 Å². The zero-order valence-corrected chi connectivity index (χ0v) is 11.4. The summed E-state index contributed by atoms with van der Waals surface area (Å²) in [7, 11) is 0. The first-order chi connectivity index (χ1) is 9.15. The molecule has 1 aromatic rings. The Morgan fingerprint density at radius 2 is 2.16 bits per heavy atom. The molecule has 0 saturated heterocycles. The van der Waals surface area contributed by atoms with Gasteiger partial charge in [0.1, 0.15) is 0 Å². The lowest BCUT2D eigenvalue weighted by atomic mass is 9.84. The molecule has 0 aliphatic heterocycles. The molecule has 0 radical (unpaired) electrons. The number of hydrogen-bond acceptors (Lipinski definition) is 3. The fraction of sp³-hybridized carbons (Fsp3) is 0.571. The third-order valence-corrected chi connectivity index (χ3v) is 5.21. The minimum absolute atomic E-state index is 0.0535. The highest BCUT2D eigenvalue weighted by atomic mass is 32.1. The van der Waals surface area contributed by atoms with Gasteiger partial charge in [0.05, 0.1) is 12.3 Å². The van der Waals surface area contributed by atoms with Crippen molar-refractivity contribution in [3.05, 3.63) is 22.4 Å². The highest BCUT2D eigenvalue weighted by Gasteiger charge is 2.51. The lowest BCUT2D eigenvalue weighted by Crippen LogP contribution is -2.47. The number of nitrogens with one attached hydrogen (secondary N) is 1. The van der Waals surface area contributed by atoms with Crippen LogP contribution in [0.25, 0.3) is 0 Å². The van der Waals surface area contributed by atoms with Gasteiger partial charge < -0.3 is 10.4 Å². The number of carbonyl (C=O) groups is 2. The maximum Gasteiger partial charge on any atom is 0.308 e. The maximum atomic E-state index is 12.0. The Labute approximate surface area is 115 Å².